The fraction of sp³-hybridized carbons (Fsp3) is 0.625. The summed E-state index contributed by atoms with van der Waals surface area (Å²) in [6.07, 6.45) is 4.75. The molecule has 0 unspecified atom stereocenters. The van der Waals surface area contributed by atoms with E-state index >= 15 is 0 Å². The molecule has 0 spiro atoms. The Morgan fingerprint density at radius 1 is 1.16 bits per heavy atom. The van der Waals surface area contributed by atoms with E-state index in [-0.39, 0.29) is 0 Å². The number of rotatable bonds is 8. The van der Waals surface area contributed by atoms with Crippen LogP contribution in [0.5, 0.6) is 5.75 Å². The van der Waals surface area contributed by atoms with Crippen molar-refractivity contribution < 1.29 is 4.74 Å². The summed E-state index contributed by atoms with van der Waals surface area (Å²) < 4.78 is 5.89. The van der Waals surface area contributed by atoms with Gasteiger partial charge in [-0.05, 0) is 54.7 Å². The molecule has 0 saturated carbocycles. The minimum atomic E-state index is 0.422. The number of halogens is 1. The van der Waals surface area contributed by atoms with Crippen LogP contribution in [0.15, 0.2) is 12.1 Å². The van der Waals surface area contributed by atoms with E-state index in [0.717, 1.165) is 40.7 Å². The van der Waals surface area contributed by atoms with Crippen LogP contribution in [0, 0.1) is 6.92 Å². The van der Waals surface area contributed by atoms with Crippen LogP contribution in [0.2, 0.25) is 5.02 Å². The Hall–Kier alpha value is -0.340. The van der Waals surface area contributed by atoms with E-state index in [4.69, 9.17) is 16.3 Å². The average molecular weight is 301 g/mol. The fourth-order valence-corrected chi connectivity index (χ4v) is 2.68. The van der Waals surface area contributed by atoms with Gasteiger partial charge in [-0.3, -0.25) is 0 Å². The van der Waals surface area contributed by atoms with E-state index in [0.29, 0.717) is 5.92 Å². The number of unbranched alkanes of at least 4 members (excludes halogenated alkanes) is 3. The quantitative estimate of drug-likeness (QED) is 0.483. The van der Waals surface area contributed by atoms with Gasteiger partial charge in [-0.2, -0.15) is 12.6 Å². The zero-order valence-corrected chi connectivity index (χ0v) is 13.9. The van der Waals surface area contributed by atoms with Crippen LogP contribution in [0.3, 0.4) is 0 Å². The summed E-state index contributed by atoms with van der Waals surface area (Å²) in [6, 6.07) is 4.10. The summed E-state index contributed by atoms with van der Waals surface area (Å²) in [5, 5.41) is 0.841. The maximum absolute atomic E-state index is 6.25. The molecule has 0 saturated heterocycles. The Balaban J connectivity index is 2.51. The SMILES string of the molecule is Cc1cc(Cl)c(C(C)C)cc1OCCCCCCS. The Bertz CT molecular complexity index is 391. The highest BCUT2D eigenvalue weighted by Gasteiger charge is 2.09. The van der Waals surface area contributed by atoms with Gasteiger partial charge in [0.1, 0.15) is 5.75 Å². The molecule has 0 aromatic heterocycles. The maximum atomic E-state index is 6.25. The Kier molecular flexibility index (Phi) is 7.70. The minimum absolute atomic E-state index is 0.422. The van der Waals surface area contributed by atoms with Crippen molar-refractivity contribution in [3.63, 3.8) is 0 Å². The van der Waals surface area contributed by atoms with E-state index in [2.05, 4.69) is 32.5 Å². The third-order valence-electron chi connectivity index (χ3n) is 3.23. The molecule has 3 heteroatoms. The van der Waals surface area contributed by atoms with Crippen LogP contribution >= 0.6 is 24.2 Å². The third kappa shape index (κ3) is 5.66. The van der Waals surface area contributed by atoms with E-state index in [1.54, 1.807) is 0 Å². The van der Waals surface area contributed by atoms with Gasteiger partial charge in [0.25, 0.3) is 0 Å². The Morgan fingerprint density at radius 3 is 2.47 bits per heavy atom. The molecule has 0 bridgehead atoms. The van der Waals surface area contributed by atoms with Crippen LogP contribution in [-0.2, 0) is 0 Å². The highest BCUT2D eigenvalue weighted by molar-refractivity contribution is 7.80. The topological polar surface area (TPSA) is 9.23 Å². The van der Waals surface area contributed by atoms with E-state index in [1.165, 1.54) is 19.3 Å². The number of hydrogen-bond donors (Lipinski definition) is 1. The van der Waals surface area contributed by atoms with Gasteiger partial charge >= 0.3 is 0 Å². The molecule has 0 radical (unpaired) electrons. The van der Waals surface area contributed by atoms with Gasteiger partial charge in [0.05, 0.1) is 6.61 Å². The molecule has 108 valence electrons. The van der Waals surface area contributed by atoms with Crippen LogP contribution in [0.4, 0.5) is 0 Å². The van der Waals surface area contributed by atoms with Crippen LogP contribution < -0.4 is 4.74 Å². The molecule has 0 N–H and O–H groups in total. The molecule has 0 amide bonds. The first-order chi connectivity index (χ1) is 9.06. The van der Waals surface area contributed by atoms with Gasteiger partial charge < -0.3 is 4.74 Å². The molecule has 0 fully saturated rings. The summed E-state index contributed by atoms with van der Waals surface area (Å²) in [5.41, 5.74) is 2.28. The molecule has 1 nitrogen and oxygen atoms in total. The molecule has 0 aliphatic rings. The number of hydrogen-bond acceptors (Lipinski definition) is 2. The van der Waals surface area contributed by atoms with Gasteiger partial charge in [0.15, 0.2) is 0 Å². The van der Waals surface area contributed by atoms with E-state index in [1.807, 2.05) is 13.0 Å². The van der Waals surface area contributed by atoms with Crippen molar-refractivity contribution in [2.45, 2.75) is 52.4 Å². The number of aryl methyl sites for hydroxylation is 1. The van der Waals surface area contributed by atoms with Crippen molar-refractivity contribution >= 4 is 24.2 Å². The molecule has 0 aliphatic carbocycles. The van der Waals surface area contributed by atoms with Crippen molar-refractivity contribution in [2.24, 2.45) is 0 Å². The Morgan fingerprint density at radius 2 is 1.84 bits per heavy atom. The van der Waals surface area contributed by atoms with Crippen LogP contribution in [0.1, 0.15) is 56.6 Å². The minimum Gasteiger partial charge on any atom is -0.493 e. The second-order valence-electron chi connectivity index (χ2n) is 5.28. The first-order valence-electron chi connectivity index (χ1n) is 7.10. The second-order valence-corrected chi connectivity index (χ2v) is 6.13. The lowest BCUT2D eigenvalue weighted by molar-refractivity contribution is 0.303. The fourth-order valence-electron chi connectivity index (χ4n) is 2.02. The molecular weight excluding hydrogens is 276 g/mol. The number of ether oxygens (including phenoxy) is 1. The molecule has 1 aromatic carbocycles. The average Bonchev–Trinajstić information content (AvgIpc) is 2.35. The standard InChI is InChI=1S/C16H25ClOS/c1-12(2)14-11-16(13(3)10-15(14)17)18-8-6-4-5-7-9-19/h10-12,19H,4-9H2,1-3H3. The number of thiol groups is 1. The predicted molar refractivity (Wildman–Crippen MR) is 88.1 cm³/mol. The molecule has 0 aliphatic heterocycles. The highest BCUT2D eigenvalue weighted by Crippen LogP contribution is 2.31. The van der Waals surface area contributed by atoms with Crippen molar-refractivity contribution in [1.82, 2.24) is 0 Å². The first-order valence-corrected chi connectivity index (χ1v) is 8.11. The van der Waals surface area contributed by atoms with Crippen molar-refractivity contribution in [2.75, 3.05) is 12.4 Å². The smallest absolute Gasteiger partial charge is 0.122 e. The summed E-state index contributed by atoms with van der Waals surface area (Å²) >= 11 is 10.5. The molecule has 0 heterocycles. The van der Waals surface area contributed by atoms with Gasteiger partial charge in [-0.1, -0.05) is 38.3 Å². The third-order valence-corrected chi connectivity index (χ3v) is 3.87. The summed E-state index contributed by atoms with van der Waals surface area (Å²) in [7, 11) is 0. The summed E-state index contributed by atoms with van der Waals surface area (Å²) in [6.45, 7) is 7.13. The molecule has 1 aromatic rings. The highest BCUT2D eigenvalue weighted by atomic mass is 35.5. The zero-order valence-electron chi connectivity index (χ0n) is 12.2. The monoisotopic (exact) mass is 300 g/mol. The lowest BCUT2D eigenvalue weighted by Gasteiger charge is -2.14. The van der Waals surface area contributed by atoms with Crippen molar-refractivity contribution in [1.29, 1.82) is 0 Å². The Labute approximate surface area is 128 Å². The van der Waals surface area contributed by atoms with Crippen molar-refractivity contribution in [3.8, 4) is 5.75 Å². The predicted octanol–water partition coefficient (Wildman–Crippen LogP) is 5.64. The molecule has 0 atom stereocenters. The zero-order chi connectivity index (χ0) is 14.3. The van der Waals surface area contributed by atoms with Gasteiger partial charge in [0.2, 0.25) is 0 Å². The van der Waals surface area contributed by atoms with Gasteiger partial charge in [-0.15, -0.1) is 0 Å². The normalized spacial score (nSPS) is 11.1. The number of benzene rings is 1. The van der Waals surface area contributed by atoms with E-state index in [9.17, 15) is 0 Å². The first kappa shape index (κ1) is 16.7. The maximum Gasteiger partial charge on any atom is 0.122 e. The largest absolute Gasteiger partial charge is 0.493 e. The lowest BCUT2D eigenvalue weighted by atomic mass is 10.0. The lowest BCUT2D eigenvalue weighted by Crippen LogP contribution is -2.01. The summed E-state index contributed by atoms with van der Waals surface area (Å²) in [4.78, 5) is 0. The van der Waals surface area contributed by atoms with Crippen LogP contribution in [-0.4, -0.2) is 12.4 Å². The molecule has 1 rings (SSSR count). The summed E-state index contributed by atoms with van der Waals surface area (Å²) in [5.74, 6) is 2.38. The van der Waals surface area contributed by atoms with Crippen LogP contribution in [0.25, 0.3) is 0 Å². The van der Waals surface area contributed by atoms with Gasteiger partial charge in [0, 0.05) is 5.02 Å². The van der Waals surface area contributed by atoms with Gasteiger partial charge in [-0.25, -0.2) is 0 Å². The van der Waals surface area contributed by atoms with Crippen molar-refractivity contribution in [3.05, 3.63) is 28.3 Å². The van der Waals surface area contributed by atoms with E-state index < -0.39 is 0 Å². The second kappa shape index (κ2) is 8.76. The molecule has 19 heavy (non-hydrogen) atoms. The molecular formula is C16H25ClOS.